The average molecular weight is 329 g/mol. The number of hydrogen-bond acceptors (Lipinski definition) is 3. The van der Waals surface area contributed by atoms with Crippen LogP contribution in [0.15, 0.2) is 42.5 Å². The van der Waals surface area contributed by atoms with Crippen molar-refractivity contribution in [3.63, 3.8) is 0 Å². The van der Waals surface area contributed by atoms with E-state index < -0.39 is 0 Å². The molecule has 0 fully saturated rings. The summed E-state index contributed by atoms with van der Waals surface area (Å²) in [7, 11) is 5.42. The Bertz CT molecular complexity index is 716. The van der Waals surface area contributed by atoms with Gasteiger partial charge in [-0.3, -0.25) is 4.79 Å². The lowest BCUT2D eigenvalue weighted by Crippen LogP contribution is -2.22. The highest BCUT2D eigenvalue weighted by Gasteiger charge is 2.13. The number of nitrogens with one attached hydrogen (secondary N) is 2. The molecule has 0 bridgehead atoms. The third-order valence-corrected chi connectivity index (χ3v) is 3.97. The van der Waals surface area contributed by atoms with Crippen molar-refractivity contribution in [1.82, 2.24) is 10.6 Å². The van der Waals surface area contributed by atoms with Crippen molar-refractivity contribution in [3.8, 4) is 0 Å². The van der Waals surface area contributed by atoms with Crippen molar-refractivity contribution in [2.45, 2.75) is 19.5 Å². The van der Waals surface area contributed by atoms with Crippen molar-refractivity contribution < 1.29 is 9.18 Å². The summed E-state index contributed by atoms with van der Waals surface area (Å²) in [5, 5.41) is 6.06. The van der Waals surface area contributed by atoms with Gasteiger partial charge < -0.3 is 15.5 Å². The number of amides is 1. The fourth-order valence-electron chi connectivity index (χ4n) is 2.62. The summed E-state index contributed by atoms with van der Waals surface area (Å²) >= 11 is 0. The van der Waals surface area contributed by atoms with Crippen molar-refractivity contribution >= 4 is 11.6 Å². The highest BCUT2D eigenvalue weighted by Crippen LogP contribution is 2.26. The second kappa shape index (κ2) is 7.93. The molecule has 1 atom stereocenters. The molecule has 0 unspecified atom stereocenters. The predicted octanol–water partition coefficient (Wildman–Crippen LogP) is 3.10. The molecule has 0 heterocycles. The molecular weight excluding hydrogens is 305 g/mol. The maximum atomic E-state index is 13.5. The minimum Gasteiger partial charge on any atom is -0.377 e. The standard InChI is InChI=1S/C19H24FN3O/c1-13(17-9-8-16(20)11-18(17)23(3)4)22-12-14-6-5-7-15(10-14)19(24)21-2/h5-11,13,22H,12H2,1-4H3,(H,21,24)/t13-/m1/s1. The second-order valence-electron chi connectivity index (χ2n) is 5.98. The van der Waals surface area contributed by atoms with E-state index >= 15 is 0 Å². The lowest BCUT2D eigenvalue weighted by molar-refractivity contribution is 0.0963. The number of rotatable bonds is 6. The largest absolute Gasteiger partial charge is 0.377 e. The quantitative estimate of drug-likeness (QED) is 0.856. The molecule has 5 heteroatoms. The number of hydrogen-bond donors (Lipinski definition) is 2. The molecule has 0 radical (unpaired) electrons. The molecule has 0 saturated carbocycles. The van der Waals surface area contributed by atoms with Gasteiger partial charge >= 0.3 is 0 Å². The summed E-state index contributed by atoms with van der Waals surface area (Å²) in [5.74, 6) is -0.341. The number of benzene rings is 2. The zero-order chi connectivity index (χ0) is 17.7. The van der Waals surface area contributed by atoms with E-state index in [1.807, 2.05) is 50.2 Å². The van der Waals surface area contributed by atoms with Gasteiger partial charge in [-0.1, -0.05) is 18.2 Å². The second-order valence-corrected chi connectivity index (χ2v) is 5.98. The predicted molar refractivity (Wildman–Crippen MR) is 95.8 cm³/mol. The third kappa shape index (κ3) is 4.32. The minimum absolute atomic E-state index is 0.0478. The summed E-state index contributed by atoms with van der Waals surface area (Å²) in [4.78, 5) is 13.6. The monoisotopic (exact) mass is 329 g/mol. The van der Waals surface area contributed by atoms with Crippen molar-refractivity contribution in [2.24, 2.45) is 0 Å². The Labute approximate surface area is 142 Å². The highest BCUT2D eigenvalue weighted by atomic mass is 19.1. The average Bonchev–Trinajstić information content (AvgIpc) is 2.59. The van der Waals surface area contributed by atoms with Crippen molar-refractivity contribution in [3.05, 3.63) is 65.0 Å². The first kappa shape index (κ1) is 17.9. The summed E-state index contributed by atoms with van der Waals surface area (Å²) < 4.78 is 13.5. The lowest BCUT2D eigenvalue weighted by atomic mass is 10.0. The van der Waals surface area contributed by atoms with Gasteiger partial charge in [0.05, 0.1) is 0 Å². The number of halogens is 1. The highest BCUT2D eigenvalue weighted by molar-refractivity contribution is 5.94. The normalized spacial score (nSPS) is 11.9. The van der Waals surface area contributed by atoms with Crippen LogP contribution < -0.4 is 15.5 Å². The van der Waals surface area contributed by atoms with Crippen LogP contribution in [-0.2, 0) is 6.54 Å². The van der Waals surface area contributed by atoms with Crippen LogP contribution in [-0.4, -0.2) is 27.1 Å². The van der Waals surface area contributed by atoms with E-state index in [1.165, 1.54) is 6.07 Å². The van der Waals surface area contributed by atoms with Gasteiger partial charge in [0.2, 0.25) is 0 Å². The Hall–Kier alpha value is -2.40. The van der Waals surface area contributed by atoms with E-state index in [2.05, 4.69) is 10.6 Å². The molecule has 0 aliphatic rings. The molecule has 2 rings (SSSR count). The zero-order valence-corrected chi connectivity index (χ0v) is 14.6. The topological polar surface area (TPSA) is 44.4 Å². The van der Waals surface area contributed by atoms with E-state index in [1.54, 1.807) is 19.2 Å². The molecule has 0 aromatic heterocycles. The SMILES string of the molecule is CNC(=O)c1cccc(CN[C@H](C)c2ccc(F)cc2N(C)C)c1. The minimum atomic E-state index is -0.243. The first-order valence-electron chi connectivity index (χ1n) is 7.93. The zero-order valence-electron chi connectivity index (χ0n) is 14.6. The van der Waals surface area contributed by atoms with Crippen LogP contribution in [0, 0.1) is 5.82 Å². The molecule has 2 aromatic rings. The fraction of sp³-hybridized carbons (Fsp3) is 0.316. The molecule has 1 amide bonds. The van der Waals surface area contributed by atoms with Crippen LogP contribution in [0.3, 0.4) is 0 Å². The lowest BCUT2D eigenvalue weighted by Gasteiger charge is -2.22. The van der Waals surface area contributed by atoms with Crippen LogP contribution >= 0.6 is 0 Å². The van der Waals surface area contributed by atoms with Gasteiger partial charge in [-0.25, -0.2) is 4.39 Å². The Balaban J connectivity index is 2.11. The van der Waals surface area contributed by atoms with Crippen molar-refractivity contribution in [2.75, 3.05) is 26.0 Å². The van der Waals surface area contributed by atoms with Crippen LogP contribution in [0.25, 0.3) is 0 Å². The Kier molecular flexibility index (Phi) is 5.93. The van der Waals surface area contributed by atoms with E-state index in [0.717, 1.165) is 16.8 Å². The molecule has 2 N–H and O–H groups in total. The van der Waals surface area contributed by atoms with Crippen LogP contribution in [0.5, 0.6) is 0 Å². The maximum absolute atomic E-state index is 13.5. The third-order valence-electron chi connectivity index (χ3n) is 3.97. The van der Waals surface area contributed by atoms with Crippen LogP contribution in [0.1, 0.15) is 34.5 Å². The molecule has 4 nitrogen and oxygen atoms in total. The molecule has 128 valence electrons. The van der Waals surface area contributed by atoms with Gasteiger partial charge in [-0.15, -0.1) is 0 Å². The molecule has 2 aromatic carbocycles. The summed E-state index contributed by atoms with van der Waals surface area (Å²) in [6, 6.07) is 12.4. The van der Waals surface area contributed by atoms with Gasteiger partial charge in [0.15, 0.2) is 0 Å². The van der Waals surface area contributed by atoms with Gasteiger partial charge in [-0.05, 0) is 42.3 Å². The number of anilines is 1. The van der Waals surface area contributed by atoms with Crippen LogP contribution in [0.4, 0.5) is 10.1 Å². The summed E-state index contributed by atoms with van der Waals surface area (Å²) in [6.45, 7) is 2.67. The van der Waals surface area contributed by atoms with Crippen LogP contribution in [0.2, 0.25) is 0 Å². The number of carbonyl (C=O) groups is 1. The van der Waals surface area contributed by atoms with E-state index in [-0.39, 0.29) is 17.8 Å². The Morgan fingerprint density at radius 1 is 1.21 bits per heavy atom. The molecule has 0 aliphatic heterocycles. The Morgan fingerprint density at radius 2 is 1.96 bits per heavy atom. The van der Waals surface area contributed by atoms with E-state index in [4.69, 9.17) is 0 Å². The smallest absolute Gasteiger partial charge is 0.251 e. The van der Waals surface area contributed by atoms with Gasteiger partial charge in [0.1, 0.15) is 5.82 Å². The summed E-state index contributed by atoms with van der Waals surface area (Å²) in [6.07, 6.45) is 0. The Morgan fingerprint density at radius 3 is 2.62 bits per heavy atom. The molecule has 24 heavy (non-hydrogen) atoms. The molecule has 0 saturated heterocycles. The number of carbonyl (C=O) groups excluding carboxylic acids is 1. The van der Waals surface area contributed by atoms with Gasteiger partial charge in [0.25, 0.3) is 5.91 Å². The number of nitrogens with zero attached hydrogens (tertiary/aromatic N) is 1. The van der Waals surface area contributed by atoms with Gasteiger partial charge in [0, 0.05) is 45.0 Å². The maximum Gasteiger partial charge on any atom is 0.251 e. The molecular formula is C19H24FN3O. The molecule has 0 aliphatic carbocycles. The summed E-state index contributed by atoms with van der Waals surface area (Å²) in [5.41, 5.74) is 3.55. The van der Waals surface area contributed by atoms with Crippen molar-refractivity contribution in [1.29, 1.82) is 0 Å². The van der Waals surface area contributed by atoms with E-state index in [0.29, 0.717) is 12.1 Å². The first-order valence-corrected chi connectivity index (χ1v) is 7.93. The first-order chi connectivity index (χ1) is 11.4. The van der Waals surface area contributed by atoms with Gasteiger partial charge in [-0.2, -0.15) is 0 Å². The fourth-order valence-corrected chi connectivity index (χ4v) is 2.62. The van der Waals surface area contributed by atoms with E-state index in [9.17, 15) is 9.18 Å². The molecule has 0 spiro atoms.